The van der Waals surface area contributed by atoms with E-state index in [1.807, 2.05) is 31.2 Å². The minimum Gasteiger partial charge on any atom is -0.429 e. The van der Waals surface area contributed by atoms with E-state index in [0.29, 0.717) is 11.4 Å². The van der Waals surface area contributed by atoms with Crippen molar-refractivity contribution in [2.24, 2.45) is 0 Å². The molecule has 4 N–H and O–H groups in total. The van der Waals surface area contributed by atoms with E-state index in [-0.39, 0.29) is 6.01 Å². The molecule has 1 heterocycles. The molecule has 0 aliphatic carbocycles. The van der Waals surface area contributed by atoms with Gasteiger partial charge in [-0.15, -0.1) is 0 Å². The van der Waals surface area contributed by atoms with Crippen molar-refractivity contribution in [2.45, 2.75) is 6.92 Å². The fourth-order valence-electron chi connectivity index (χ4n) is 1.37. The number of aromatic nitrogens is 1. The summed E-state index contributed by atoms with van der Waals surface area (Å²) in [5, 5.41) is 0. The molecule has 0 saturated heterocycles. The molecule has 0 fully saturated rings. The molecule has 1 aromatic carbocycles. The molecule has 2 aromatic rings. The van der Waals surface area contributed by atoms with Crippen molar-refractivity contribution < 1.29 is 4.42 Å². The average molecular weight is 189 g/mol. The predicted molar refractivity (Wildman–Crippen MR) is 55.5 cm³/mol. The van der Waals surface area contributed by atoms with Gasteiger partial charge in [-0.25, -0.2) is 0 Å². The largest absolute Gasteiger partial charge is 0.429 e. The summed E-state index contributed by atoms with van der Waals surface area (Å²) in [5.41, 5.74) is 13.5. The summed E-state index contributed by atoms with van der Waals surface area (Å²) in [7, 11) is 0. The number of nitrogen functional groups attached to an aromatic ring is 2. The van der Waals surface area contributed by atoms with Crippen LogP contribution in [0.25, 0.3) is 11.3 Å². The van der Waals surface area contributed by atoms with Crippen molar-refractivity contribution in [3.05, 3.63) is 30.0 Å². The molecule has 4 heteroatoms. The van der Waals surface area contributed by atoms with E-state index in [9.17, 15) is 0 Å². The number of benzene rings is 1. The number of aryl methyl sites for hydroxylation is 1. The number of oxazole rings is 1. The van der Waals surface area contributed by atoms with Gasteiger partial charge in [-0.1, -0.05) is 12.1 Å². The van der Waals surface area contributed by atoms with Crippen LogP contribution in [0, 0.1) is 6.92 Å². The lowest BCUT2D eigenvalue weighted by Crippen LogP contribution is -1.87. The van der Waals surface area contributed by atoms with Crippen LogP contribution >= 0.6 is 0 Å². The molecule has 0 amide bonds. The van der Waals surface area contributed by atoms with Crippen molar-refractivity contribution in [3.8, 4) is 11.3 Å². The van der Waals surface area contributed by atoms with Gasteiger partial charge in [-0.2, -0.15) is 4.98 Å². The van der Waals surface area contributed by atoms with E-state index in [0.717, 1.165) is 11.3 Å². The molecule has 0 spiro atoms. The maximum atomic E-state index is 5.66. The maximum Gasteiger partial charge on any atom is 0.292 e. The van der Waals surface area contributed by atoms with Crippen LogP contribution < -0.4 is 11.5 Å². The SMILES string of the molecule is Cc1oc(N)nc1-c1cccc(N)c1. The lowest BCUT2D eigenvalue weighted by Gasteiger charge is -1.98. The Morgan fingerprint density at radius 1 is 1.29 bits per heavy atom. The zero-order valence-electron chi connectivity index (χ0n) is 7.82. The van der Waals surface area contributed by atoms with Crippen LogP contribution in [-0.2, 0) is 0 Å². The fraction of sp³-hybridized carbons (Fsp3) is 0.100. The van der Waals surface area contributed by atoms with Crippen LogP contribution in [0.5, 0.6) is 0 Å². The molecule has 0 aliphatic rings. The first kappa shape index (κ1) is 8.62. The lowest BCUT2D eigenvalue weighted by molar-refractivity contribution is 0.549. The molecule has 0 bridgehead atoms. The molecule has 0 saturated carbocycles. The fourth-order valence-corrected chi connectivity index (χ4v) is 1.37. The zero-order valence-corrected chi connectivity index (χ0v) is 7.82. The standard InChI is InChI=1S/C10H11N3O/c1-6-9(13-10(12)14-6)7-3-2-4-8(11)5-7/h2-5H,11H2,1H3,(H2,12,13). The Morgan fingerprint density at radius 3 is 2.64 bits per heavy atom. The Hall–Kier alpha value is -1.97. The first-order chi connectivity index (χ1) is 6.66. The van der Waals surface area contributed by atoms with Gasteiger partial charge >= 0.3 is 0 Å². The zero-order chi connectivity index (χ0) is 10.1. The number of hydrogen-bond acceptors (Lipinski definition) is 4. The van der Waals surface area contributed by atoms with Gasteiger partial charge < -0.3 is 15.9 Å². The molecule has 0 atom stereocenters. The Kier molecular flexibility index (Phi) is 1.89. The molecule has 72 valence electrons. The molecule has 0 unspecified atom stereocenters. The Balaban J connectivity index is 2.54. The smallest absolute Gasteiger partial charge is 0.292 e. The minimum absolute atomic E-state index is 0.180. The number of hydrogen-bond donors (Lipinski definition) is 2. The quantitative estimate of drug-likeness (QED) is 0.670. The van der Waals surface area contributed by atoms with Gasteiger partial charge in [0.1, 0.15) is 11.5 Å². The third-order valence-electron chi connectivity index (χ3n) is 1.97. The monoisotopic (exact) mass is 189 g/mol. The first-order valence-electron chi connectivity index (χ1n) is 4.25. The molecule has 0 aliphatic heterocycles. The number of nitrogens with zero attached hydrogens (tertiary/aromatic N) is 1. The molecular weight excluding hydrogens is 178 g/mol. The van der Waals surface area contributed by atoms with Crippen molar-refractivity contribution in [3.63, 3.8) is 0 Å². The number of rotatable bonds is 1. The second-order valence-corrected chi connectivity index (χ2v) is 3.08. The lowest BCUT2D eigenvalue weighted by atomic mass is 10.1. The second kappa shape index (κ2) is 3.06. The van der Waals surface area contributed by atoms with Gasteiger partial charge in [0, 0.05) is 11.3 Å². The summed E-state index contributed by atoms with van der Waals surface area (Å²) >= 11 is 0. The van der Waals surface area contributed by atoms with Crippen molar-refractivity contribution in [1.29, 1.82) is 0 Å². The van der Waals surface area contributed by atoms with Gasteiger partial charge in [0.25, 0.3) is 6.01 Å². The highest BCUT2D eigenvalue weighted by molar-refractivity contribution is 5.66. The van der Waals surface area contributed by atoms with Crippen LogP contribution in [-0.4, -0.2) is 4.98 Å². The van der Waals surface area contributed by atoms with E-state index in [4.69, 9.17) is 15.9 Å². The van der Waals surface area contributed by atoms with Gasteiger partial charge in [0.05, 0.1) is 0 Å². The predicted octanol–water partition coefficient (Wildman–Crippen LogP) is 1.81. The van der Waals surface area contributed by atoms with Gasteiger partial charge in [0.15, 0.2) is 0 Å². The van der Waals surface area contributed by atoms with Crippen LogP contribution in [0.3, 0.4) is 0 Å². The van der Waals surface area contributed by atoms with Crippen LogP contribution in [0.4, 0.5) is 11.7 Å². The van der Waals surface area contributed by atoms with E-state index in [1.165, 1.54) is 0 Å². The van der Waals surface area contributed by atoms with Crippen LogP contribution in [0.2, 0.25) is 0 Å². The van der Waals surface area contributed by atoms with Crippen molar-refractivity contribution in [2.75, 3.05) is 11.5 Å². The topological polar surface area (TPSA) is 78.1 Å². The number of nitrogens with two attached hydrogens (primary N) is 2. The summed E-state index contributed by atoms with van der Waals surface area (Å²) in [5.74, 6) is 0.702. The summed E-state index contributed by atoms with van der Waals surface area (Å²) < 4.78 is 5.13. The van der Waals surface area contributed by atoms with E-state index >= 15 is 0 Å². The third-order valence-corrected chi connectivity index (χ3v) is 1.97. The molecule has 2 rings (SSSR count). The van der Waals surface area contributed by atoms with E-state index < -0.39 is 0 Å². The Morgan fingerprint density at radius 2 is 2.07 bits per heavy atom. The second-order valence-electron chi connectivity index (χ2n) is 3.08. The summed E-state index contributed by atoms with van der Waals surface area (Å²) in [6, 6.07) is 7.63. The summed E-state index contributed by atoms with van der Waals surface area (Å²) in [6.07, 6.45) is 0. The minimum atomic E-state index is 0.180. The van der Waals surface area contributed by atoms with Crippen molar-refractivity contribution >= 4 is 11.7 Å². The maximum absolute atomic E-state index is 5.66. The Labute approximate surface area is 81.5 Å². The van der Waals surface area contributed by atoms with E-state index in [1.54, 1.807) is 0 Å². The molecule has 0 radical (unpaired) electrons. The average Bonchev–Trinajstić information content (AvgIpc) is 2.45. The molecular formula is C10H11N3O. The highest BCUT2D eigenvalue weighted by Gasteiger charge is 2.09. The summed E-state index contributed by atoms with van der Waals surface area (Å²) in [4.78, 5) is 4.08. The molecule has 4 nitrogen and oxygen atoms in total. The molecule has 1 aromatic heterocycles. The van der Waals surface area contributed by atoms with Gasteiger partial charge in [-0.3, -0.25) is 0 Å². The Bertz CT molecular complexity index is 462. The van der Waals surface area contributed by atoms with Gasteiger partial charge in [0.2, 0.25) is 0 Å². The van der Waals surface area contributed by atoms with E-state index in [2.05, 4.69) is 4.98 Å². The van der Waals surface area contributed by atoms with Crippen LogP contribution in [0.15, 0.2) is 28.7 Å². The highest BCUT2D eigenvalue weighted by Crippen LogP contribution is 2.25. The van der Waals surface area contributed by atoms with Crippen LogP contribution in [0.1, 0.15) is 5.76 Å². The highest BCUT2D eigenvalue weighted by atomic mass is 16.4. The number of anilines is 2. The first-order valence-corrected chi connectivity index (χ1v) is 4.25. The summed E-state index contributed by atoms with van der Waals surface area (Å²) in [6.45, 7) is 1.82. The normalized spacial score (nSPS) is 10.4. The van der Waals surface area contributed by atoms with Gasteiger partial charge in [-0.05, 0) is 19.1 Å². The van der Waals surface area contributed by atoms with Crippen molar-refractivity contribution in [1.82, 2.24) is 4.98 Å². The third kappa shape index (κ3) is 1.42. The molecule has 14 heavy (non-hydrogen) atoms.